The van der Waals surface area contributed by atoms with E-state index in [1.165, 1.54) is 0 Å². The van der Waals surface area contributed by atoms with E-state index in [9.17, 15) is 4.79 Å². The second-order valence-electron chi connectivity index (χ2n) is 6.47. The first-order valence-corrected chi connectivity index (χ1v) is 10.3. The van der Waals surface area contributed by atoms with Gasteiger partial charge in [0, 0.05) is 35.0 Å². The second kappa shape index (κ2) is 11.2. The Morgan fingerprint density at radius 1 is 1.03 bits per heavy atom. The molecule has 0 aliphatic carbocycles. The molecule has 3 aromatic rings. The number of nitrogens with zero attached hydrogens (tertiary/aromatic N) is 1. The van der Waals surface area contributed by atoms with E-state index in [4.69, 9.17) is 14.2 Å². The molecule has 0 aliphatic heterocycles. The number of pyridine rings is 1. The van der Waals surface area contributed by atoms with Gasteiger partial charge in [0.25, 0.3) is 0 Å². The highest BCUT2D eigenvalue weighted by atomic mass is 79.9. The fourth-order valence-corrected chi connectivity index (χ4v) is 3.09. The number of carbonyl (C=O) groups excluding carboxylic acids is 1. The number of ether oxygens (including phenoxy) is 3. The quantitative estimate of drug-likeness (QED) is 0.410. The number of carbonyl (C=O) groups is 1. The summed E-state index contributed by atoms with van der Waals surface area (Å²) in [6, 6.07) is 16.7. The van der Waals surface area contributed by atoms with Crippen LogP contribution in [0.25, 0.3) is 0 Å². The first kappa shape index (κ1) is 21.6. The summed E-state index contributed by atoms with van der Waals surface area (Å²) >= 11 is 3.41. The summed E-state index contributed by atoms with van der Waals surface area (Å²) in [6.45, 7) is 0.843. The molecular weight excluding hydrogens is 448 g/mol. The van der Waals surface area contributed by atoms with Crippen molar-refractivity contribution in [2.75, 3.05) is 19.0 Å². The fraction of sp³-hybridized carbons (Fsp3) is 0.217. The van der Waals surface area contributed by atoms with Crippen molar-refractivity contribution in [3.63, 3.8) is 0 Å². The third-order valence-corrected chi connectivity index (χ3v) is 4.70. The number of hydrogen-bond donors (Lipinski definition) is 1. The van der Waals surface area contributed by atoms with E-state index in [-0.39, 0.29) is 5.91 Å². The molecule has 0 bridgehead atoms. The molecule has 0 spiro atoms. The highest BCUT2D eigenvalue weighted by molar-refractivity contribution is 9.10. The molecular formula is C23H23BrN2O4. The van der Waals surface area contributed by atoms with Gasteiger partial charge in [0.2, 0.25) is 5.91 Å². The van der Waals surface area contributed by atoms with E-state index in [1.807, 2.05) is 36.4 Å². The maximum atomic E-state index is 12.3. The van der Waals surface area contributed by atoms with Gasteiger partial charge in [0.15, 0.2) is 11.5 Å². The van der Waals surface area contributed by atoms with Gasteiger partial charge in [-0.1, -0.05) is 22.0 Å². The molecule has 0 radical (unpaired) electrons. The predicted octanol–water partition coefficient (Wildman–Crippen LogP) is 5.23. The third-order valence-electron chi connectivity index (χ3n) is 4.20. The van der Waals surface area contributed by atoms with E-state index in [0.29, 0.717) is 43.2 Å². The first-order valence-electron chi connectivity index (χ1n) is 9.52. The van der Waals surface area contributed by atoms with E-state index < -0.39 is 0 Å². The van der Waals surface area contributed by atoms with Crippen LogP contribution >= 0.6 is 15.9 Å². The van der Waals surface area contributed by atoms with E-state index >= 15 is 0 Å². The van der Waals surface area contributed by atoms with Gasteiger partial charge >= 0.3 is 0 Å². The molecule has 7 heteroatoms. The van der Waals surface area contributed by atoms with E-state index in [1.54, 1.807) is 37.7 Å². The summed E-state index contributed by atoms with van der Waals surface area (Å²) < 4.78 is 17.8. The zero-order valence-electron chi connectivity index (χ0n) is 16.6. The van der Waals surface area contributed by atoms with Crippen molar-refractivity contribution in [3.8, 4) is 17.2 Å². The van der Waals surface area contributed by atoms with Crippen LogP contribution < -0.4 is 19.5 Å². The minimum Gasteiger partial charge on any atom is -0.494 e. The van der Waals surface area contributed by atoms with Crippen LogP contribution in [0.4, 0.5) is 5.69 Å². The summed E-state index contributed by atoms with van der Waals surface area (Å²) in [4.78, 5) is 16.3. The monoisotopic (exact) mass is 470 g/mol. The SMILES string of the molecule is COc1ccc(NC(=O)CCCOc2cccc(Br)c2)cc1OCc1ccncc1. The summed E-state index contributed by atoms with van der Waals surface area (Å²) in [5.41, 5.74) is 1.64. The molecule has 1 N–H and O–H groups in total. The summed E-state index contributed by atoms with van der Waals surface area (Å²) in [6.07, 6.45) is 4.40. The number of rotatable bonds is 10. The molecule has 0 aliphatic rings. The van der Waals surface area contributed by atoms with Gasteiger partial charge in [-0.25, -0.2) is 0 Å². The van der Waals surface area contributed by atoms with Crippen molar-refractivity contribution in [1.29, 1.82) is 0 Å². The smallest absolute Gasteiger partial charge is 0.224 e. The minimum absolute atomic E-state index is 0.0851. The number of anilines is 1. The highest BCUT2D eigenvalue weighted by Crippen LogP contribution is 2.31. The molecule has 2 aromatic carbocycles. The van der Waals surface area contributed by atoms with Gasteiger partial charge in [-0.2, -0.15) is 0 Å². The lowest BCUT2D eigenvalue weighted by atomic mass is 10.2. The maximum Gasteiger partial charge on any atom is 0.224 e. The van der Waals surface area contributed by atoms with E-state index in [0.717, 1.165) is 15.8 Å². The average molecular weight is 471 g/mol. The molecule has 30 heavy (non-hydrogen) atoms. The zero-order valence-corrected chi connectivity index (χ0v) is 18.2. The average Bonchev–Trinajstić information content (AvgIpc) is 2.76. The van der Waals surface area contributed by atoms with Crippen LogP contribution in [0.2, 0.25) is 0 Å². The second-order valence-corrected chi connectivity index (χ2v) is 7.38. The normalized spacial score (nSPS) is 10.3. The van der Waals surface area contributed by atoms with Crippen LogP contribution in [0.3, 0.4) is 0 Å². The number of aromatic nitrogens is 1. The number of amides is 1. The van der Waals surface area contributed by atoms with Crippen molar-refractivity contribution in [2.24, 2.45) is 0 Å². The van der Waals surface area contributed by atoms with Crippen LogP contribution in [-0.2, 0) is 11.4 Å². The molecule has 3 rings (SSSR count). The number of nitrogens with one attached hydrogen (secondary N) is 1. The molecule has 0 unspecified atom stereocenters. The fourth-order valence-electron chi connectivity index (χ4n) is 2.71. The molecule has 1 amide bonds. The zero-order chi connectivity index (χ0) is 21.2. The van der Waals surface area contributed by atoms with Crippen molar-refractivity contribution >= 4 is 27.5 Å². The Morgan fingerprint density at radius 2 is 1.87 bits per heavy atom. The van der Waals surface area contributed by atoms with Crippen molar-refractivity contribution in [2.45, 2.75) is 19.4 Å². The van der Waals surface area contributed by atoms with Crippen LogP contribution in [-0.4, -0.2) is 24.6 Å². The molecule has 1 heterocycles. The lowest BCUT2D eigenvalue weighted by Gasteiger charge is -2.13. The van der Waals surface area contributed by atoms with Crippen LogP contribution in [0, 0.1) is 0 Å². The Labute approximate surface area is 184 Å². The minimum atomic E-state index is -0.0851. The summed E-state index contributed by atoms with van der Waals surface area (Å²) in [5.74, 6) is 1.85. The molecule has 0 saturated carbocycles. The summed E-state index contributed by atoms with van der Waals surface area (Å²) in [7, 11) is 1.58. The van der Waals surface area contributed by atoms with Gasteiger partial charge in [-0.05, 0) is 54.4 Å². The third kappa shape index (κ3) is 6.77. The lowest BCUT2D eigenvalue weighted by Crippen LogP contribution is -2.13. The van der Waals surface area contributed by atoms with E-state index in [2.05, 4.69) is 26.2 Å². The molecule has 0 atom stereocenters. The molecule has 0 fully saturated rings. The number of benzene rings is 2. The van der Waals surface area contributed by atoms with Crippen LogP contribution in [0.5, 0.6) is 17.2 Å². The Bertz CT molecular complexity index is 966. The van der Waals surface area contributed by atoms with Gasteiger partial charge in [-0.3, -0.25) is 9.78 Å². The molecule has 6 nitrogen and oxygen atoms in total. The summed E-state index contributed by atoms with van der Waals surface area (Å²) in [5, 5.41) is 2.89. The Kier molecular flexibility index (Phi) is 8.09. The topological polar surface area (TPSA) is 69.7 Å². The van der Waals surface area contributed by atoms with Gasteiger partial charge in [0.05, 0.1) is 13.7 Å². The lowest BCUT2D eigenvalue weighted by molar-refractivity contribution is -0.116. The molecule has 1 aromatic heterocycles. The number of halogens is 1. The van der Waals surface area contributed by atoms with Crippen molar-refractivity contribution in [3.05, 3.63) is 77.0 Å². The molecule has 0 saturated heterocycles. The van der Waals surface area contributed by atoms with Gasteiger partial charge < -0.3 is 19.5 Å². The Balaban J connectivity index is 1.49. The predicted molar refractivity (Wildman–Crippen MR) is 119 cm³/mol. The van der Waals surface area contributed by atoms with Crippen LogP contribution in [0.15, 0.2) is 71.5 Å². The highest BCUT2D eigenvalue weighted by Gasteiger charge is 2.09. The van der Waals surface area contributed by atoms with Crippen molar-refractivity contribution < 1.29 is 19.0 Å². The van der Waals surface area contributed by atoms with Gasteiger partial charge in [0.1, 0.15) is 12.4 Å². The standard InChI is InChI=1S/C23H23BrN2O4/c1-28-21-8-7-19(15-22(21)30-16-17-9-11-25-12-10-17)26-23(27)6-3-13-29-20-5-2-4-18(24)14-20/h2,4-5,7-12,14-15H,3,6,13,16H2,1H3,(H,26,27). The largest absolute Gasteiger partial charge is 0.494 e. The molecule has 156 valence electrons. The maximum absolute atomic E-state index is 12.3. The number of methoxy groups -OCH3 is 1. The Morgan fingerprint density at radius 3 is 2.63 bits per heavy atom. The van der Waals surface area contributed by atoms with Crippen LogP contribution in [0.1, 0.15) is 18.4 Å². The Hall–Kier alpha value is -3.06. The first-order chi connectivity index (χ1) is 14.6. The number of hydrogen-bond acceptors (Lipinski definition) is 5. The van der Waals surface area contributed by atoms with Crippen molar-refractivity contribution in [1.82, 2.24) is 4.98 Å². The van der Waals surface area contributed by atoms with Gasteiger partial charge in [-0.15, -0.1) is 0 Å².